The fourth-order valence-corrected chi connectivity index (χ4v) is 3.50. The first kappa shape index (κ1) is 15.9. The van der Waals surface area contributed by atoms with E-state index >= 15 is 0 Å². The Morgan fingerprint density at radius 3 is 2.52 bits per heavy atom. The van der Waals surface area contributed by atoms with E-state index in [1.165, 1.54) is 5.56 Å². The monoisotopic (exact) mass is 333 g/mol. The summed E-state index contributed by atoms with van der Waals surface area (Å²) in [5, 5.41) is 1.16. The molecule has 1 saturated heterocycles. The Morgan fingerprint density at radius 2 is 1.72 bits per heavy atom. The highest BCUT2D eigenvalue weighted by Gasteiger charge is 2.21. The molecule has 1 amide bonds. The lowest BCUT2D eigenvalue weighted by Gasteiger charge is -2.34. The van der Waals surface area contributed by atoms with Crippen molar-refractivity contribution in [1.29, 1.82) is 0 Å². The number of hydrogen-bond donors (Lipinski definition) is 1. The molecule has 1 aliphatic rings. The van der Waals surface area contributed by atoms with E-state index < -0.39 is 0 Å². The van der Waals surface area contributed by atoms with Gasteiger partial charge in [0, 0.05) is 44.4 Å². The molecule has 2 heterocycles. The largest absolute Gasteiger partial charge is 0.361 e. The van der Waals surface area contributed by atoms with E-state index in [0.29, 0.717) is 6.42 Å². The Bertz CT molecular complexity index is 848. The molecule has 1 aliphatic heterocycles. The fourth-order valence-electron chi connectivity index (χ4n) is 3.50. The van der Waals surface area contributed by atoms with Gasteiger partial charge >= 0.3 is 0 Å². The van der Waals surface area contributed by atoms with Crippen LogP contribution in [-0.4, -0.2) is 46.9 Å². The molecule has 0 bridgehead atoms. The molecule has 1 fully saturated rings. The van der Waals surface area contributed by atoms with Crippen LogP contribution in [0.25, 0.3) is 10.9 Å². The van der Waals surface area contributed by atoms with Crippen molar-refractivity contribution >= 4 is 16.8 Å². The summed E-state index contributed by atoms with van der Waals surface area (Å²) >= 11 is 0. The van der Waals surface area contributed by atoms with Gasteiger partial charge in [-0.25, -0.2) is 0 Å². The van der Waals surface area contributed by atoms with Gasteiger partial charge in [-0.2, -0.15) is 0 Å². The molecule has 4 heteroatoms. The number of hydrogen-bond acceptors (Lipinski definition) is 2. The number of fused-ring (bicyclic) bond motifs is 1. The third-order valence-electron chi connectivity index (χ3n) is 4.95. The quantitative estimate of drug-likeness (QED) is 0.797. The third kappa shape index (κ3) is 3.74. The Morgan fingerprint density at radius 1 is 0.920 bits per heavy atom. The number of nitrogens with zero attached hydrogens (tertiary/aromatic N) is 2. The molecule has 1 N–H and O–H groups in total. The van der Waals surface area contributed by atoms with Crippen molar-refractivity contribution < 1.29 is 4.79 Å². The summed E-state index contributed by atoms with van der Waals surface area (Å²) in [5.74, 6) is 0.231. The Kier molecular flexibility index (Phi) is 4.53. The van der Waals surface area contributed by atoms with Crippen LogP contribution < -0.4 is 0 Å². The second kappa shape index (κ2) is 7.11. The third-order valence-corrected chi connectivity index (χ3v) is 4.95. The van der Waals surface area contributed by atoms with Crippen LogP contribution in [-0.2, 0) is 17.8 Å². The average Bonchev–Trinajstić information content (AvgIpc) is 3.11. The van der Waals surface area contributed by atoms with E-state index in [9.17, 15) is 4.79 Å². The van der Waals surface area contributed by atoms with Crippen LogP contribution in [0.15, 0.2) is 60.8 Å². The molecule has 4 nitrogen and oxygen atoms in total. The van der Waals surface area contributed by atoms with Gasteiger partial charge in [-0.3, -0.25) is 9.69 Å². The average molecular weight is 333 g/mol. The smallest absolute Gasteiger partial charge is 0.227 e. The number of amides is 1. The van der Waals surface area contributed by atoms with Crippen molar-refractivity contribution in [1.82, 2.24) is 14.8 Å². The van der Waals surface area contributed by atoms with Crippen molar-refractivity contribution in [2.45, 2.75) is 13.0 Å². The van der Waals surface area contributed by atoms with Crippen LogP contribution >= 0.6 is 0 Å². The number of piperazine rings is 1. The molecule has 4 rings (SSSR count). The summed E-state index contributed by atoms with van der Waals surface area (Å²) in [6.07, 6.45) is 2.42. The Hall–Kier alpha value is -2.59. The number of rotatable bonds is 4. The molecule has 0 atom stereocenters. The van der Waals surface area contributed by atoms with Crippen LogP contribution in [0.1, 0.15) is 11.1 Å². The number of benzene rings is 2. The van der Waals surface area contributed by atoms with E-state index in [1.54, 1.807) is 0 Å². The van der Waals surface area contributed by atoms with Gasteiger partial charge in [0.1, 0.15) is 0 Å². The topological polar surface area (TPSA) is 39.3 Å². The molecule has 1 aromatic heterocycles. The number of carbonyl (C=O) groups excluding carboxylic acids is 1. The molecular weight excluding hydrogens is 310 g/mol. The maximum Gasteiger partial charge on any atom is 0.227 e. The minimum Gasteiger partial charge on any atom is -0.361 e. The zero-order valence-corrected chi connectivity index (χ0v) is 14.3. The molecule has 0 unspecified atom stereocenters. The van der Waals surface area contributed by atoms with Gasteiger partial charge in [0.05, 0.1) is 6.42 Å². The van der Waals surface area contributed by atoms with Crippen molar-refractivity contribution in [3.05, 3.63) is 71.9 Å². The summed E-state index contributed by atoms with van der Waals surface area (Å²) in [6, 6.07) is 18.8. The van der Waals surface area contributed by atoms with Crippen LogP contribution in [0.3, 0.4) is 0 Å². The van der Waals surface area contributed by atoms with E-state index in [2.05, 4.69) is 46.3 Å². The van der Waals surface area contributed by atoms with Crippen LogP contribution in [0.4, 0.5) is 0 Å². The van der Waals surface area contributed by atoms with E-state index in [1.807, 2.05) is 29.3 Å². The number of aromatic amines is 1. The molecule has 0 spiro atoms. The lowest BCUT2D eigenvalue weighted by molar-refractivity contribution is -0.132. The van der Waals surface area contributed by atoms with Gasteiger partial charge in [-0.05, 0) is 34.7 Å². The number of carbonyl (C=O) groups is 1. The highest BCUT2D eigenvalue weighted by molar-refractivity contribution is 5.83. The maximum absolute atomic E-state index is 12.6. The summed E-state index contributed by atoms with van der Waals surface area (Å²) in [5.41, 5.74) is 3.54. The molecule has 0 radical (unpaired) electrons. The van der Waals surface area contributed by atoms with Gasteiger partial charge in [-0.1, -0.05) is 36.4 Å². The van der Waals surface area contributed by atoms with Crippen molar-refractivity contribution in [2.24, 2.45) is 0 Å². The highest BCUT2D eigenvalue weighted by Crippen LogP contribution is 2.16. The van der Waals surface area contributed by atoms with Gasteiger partial charge in [-0.15, -0.1) is 0 Å². The maximum atomic E-state index is 12.6. The predicted octanol–water partition coefficient (Wildman–Crippen LogP) is 3.05. The number of H-pyrrole nitrogens is 1. The lowest BCUT2D eigenvalue weighted by atomic mass is 10.1. The lowest BCUT2D eigenvalue weighted by Crippen LogP contribution is -2.48. The SMILES string of the molecule is O=C(Cc1ccc2[nH]ccc2c1)N1CCN(Cc2ccccc2)CC1. The summed E-state index contributed by atoms with van der Waals surface area (Å²) in [4.78, 5) is 20.2. The molecule has 3 aromatic rings. The number of nitrogens with one attached hydrogen (secondary N) is 1. The van der Waals surface area contributed by atoms with Gasteiger partial charge < -0.3 is 9.88 Å². The Balaban J connectivity index is 1.31. The van der Waals surface area contributed by atoms with E-state index in [4.69, 9.17) is 0 Å². The number of aromatic nitrogens is 1. The van der Waals surface area contributed by atoms with Crippen molar-refractivity contribution in [3.8, 4) is 0 Å². The van der Waals surface area contributed by atoms with Gasteiger partial charge in [0.2, 0.25) is 5.91 Å². The minimum atomic E-state index is 0.231. The van der Waals surface area contributed by atoms with Crippen LogP contribution in [0, 0.1) is 0 Å². The second-order valence-corrected chi connectivity index (χ2v) is 6.72. The highest BCUT2D eigenvalue weighted by atomic mass is 16.2. The fraction of sp³-hybridized carbons (Fsp3) is 0.286. The van der Waals surface area contributed by atoms with Crippen LogP contribution in [0.2, 0.25) is 0 Å². The first-order valence-electron chi connectivity index (χ1n) is 8.88. The minimum absolute atomic E-state index is 0.231. The van der Waals surface area contributed by atoms with E-state index in [0.717, 1.165) is 49.2 Å². The zero-order chi connectivity index (χ0) is 17.1. The summed E-state index contributed by atoms with van der Waals surface area (Å²) < 4.78 is 0. The molecule has 25 heavy (non-hydrogen) atoms. The summed E-state index contributed by atoms with van der Waals surface area (Å²) in [7, 11) is 0. The predicted molar refractivity (Wildman–Crippen MR) is 100 cm³/mol. The van der Waals surface area contributed by atoms with Crippen molar-refractivity contribution in [2.75, 3.05) is 26.2 Å². The molecule has 0 saturated carbocycles. The molecular formula is C21H23N3O. The van der Waals surface area contributed by atoms with E-state index in [-0.39, 0.29) is 5.91 Å². The van der Waals surface area contributed by atoms with Crippen LogP contribution in [0.5, 0.6) is 0 Å². The molecule has 128 valence electrons. The second-order valence-electron chi connectivity index (χ2n) is 6.72. The standard InChI is InChI=1S/C21H23N3O/c25-21(15-18-6-7-20-19(14-18)8-9-22-20)24-12-10-23(11-13-24)16-17-4-2-1-3-5-17/h1-9,14,22H,10-13,15-16H2. The summed E-state index contributed by atoms with van der Waals surface area (Å²) in [6.45, 7) is 4.48. The molecule has 0 aliphatic carbocycles. The zero-order valence-electron chi connectivity index (χ0n) is 14.3. The molecule has 2 aromatic carbocycles. The van der Waals surface area contributed by atoms with Gasteiger partial charge in [0.25, 0.3) is 0 Å². The Labute approximate surface area is 148 Å². The van der Waals surface area contributed by atoms with Gasteiger partial charge in [0.15, 0.2) is 0 Å². The first-order chi connectivity index (χ1) is 12.3. The van der Waals surface area contributed by atoms with Crippen molar-refractivity contribution in [3.63, 3.8) is 0 Å². The normalized spacial score (nSPS) is 15.6. The first-order valence-corrected chi connectivity index (χ1v) is 8.88.